The van der Waals surface area contributed by atoms with Crippen molar-refractivity contribution in [2.45, 2.75) is 12.4 Å². The molecule has 0 amide bonds. The average Bonchev–Trinajstić information content (AvgIpc) is 2.76. The molecule has 0 aliphatic carbocycles. The first kappa shape index (κ1) is 26.0. The van der Waals surface area contributed by atoms with Gasteiger partial charge in [-0.05, 0) is 34.4 Å². The second-order valence-corrected chi connectivity index (χ2v) is 7.29. The van der Waals surface area contributed by atoms with Crippen LogP contribution in [0.2, 0.25) is 0 Å². The van der Waals surface area contributed by atoms with Crippen LogP contribution in [0.5, 0.6) is 5.75 Å². The normalized spacial score (nSPS) is 15.2. The predicted octanol–water partition coefficient (Wildman–Crippen LogP) is 6.09. The standard InChI is InChI=1S/C24H23F3N2O.2ClH/c25-24(26,27)30-22-12-10-21(11-13-22)23(29-16-14-28-15-17-29)20-8-6-19(7-9-20)18-4-2-1-3-5-18;;/h1-13,23,28H,14-17H2;2*1H/t23-;;/m0../s1. The van der Waals surface area contributed by atoms with Crippen molar-refractivity contribution in [1.82, 2.24) is 10.2 Å². The Hall–Kier alpha value is -2.25. The number of rotatable bonds is 5. The Morgan fingerprint density at radius 3 is 1.75 bits per heavy atom. The molecule has 3 nitrogen and oxygen atoms in total. The summed E-state index contributed by atoms with van der Waals surface area (Å²) in [6.45, 7) is 3.50. The number of hydrogen-bond donors (Lipinski definition) is 1. The van der Waals surface area contributed by atoms with Gasteiger partial charge >= 0.3 is 6.36 Å². The number of benzene rings is 3. The summed E-state index contributed by atoms with van der Waals surface area (Å²) in [7, 11) is 0. The molecule has 0 spiro atoms. The first-order valence-corrected chi connectivity index (χ1v) is 9.95. The van der Waals surface area contributed by atoms with E-state index < -0.39 is 6.36 Å². The predicted molar refractivity (Wildman–Crippen MR) is 126 cm³/mol. The molecule has 1 N–H and O–H groups in total. The van der Waals surface area contributed by atoms with Crippen LogP contribution in [-0.4, -0.2) is 37.4 Å². The Bertz CT molecular complexity index is 946. The number of alkyl halides is 3. The van der Waals surface area contributed by atoms with Crippen molar-refractivity contribution in [3.05, 3.63) is 90.0 Å². The topological polar surface area (TPSA) is 24.5 Å². The fourth-order valence-electron chi connectivity index (χ4n) is 3.89. The molecule has 4 rings (SSSR count). The van der Waals surface area contributed by atoms with E-state index in [1.54, 1.807) is 12.1 Å². The van der Waals surface area contributed by atoms with Crippen molar-refractivity contribution in [3.8, 4) is 16.9 Å². The van der Waals surface area contributed by atoms with E-state index >= 15 is 0 Å². The van der Waals surface area contributed by atoms with Gasteiger partial charge in [0.2, 0.25) is 0 Å². The molecule has 8 heteroatoms. The van der Waals surface area contributed by atoms with Crippen LogP contribution in [0.25, 0.3) is 11.1 Å². The van der Waals surface area contributed by atoms with E-state index in [1.807, 2.05) is 18.2 Å². The highest BCUT2D eigenvalue weighted by atomic mass is 35.5. The van der Waals surface area contributed by atoms with E-state index in [1.165, 1.54) is 12.1 Å². The van der Waals surface area contributed by atoms with Gasteiger partial charge in [0.25, 0.3) is 0 Å². The summed E-state index contributed by atoms with van der Waals surface area (Å²) < 4.78 is 41.5. The van der Waals surface area contributed by atoms with Crippen molar-refractivity contribution in [1.29, 1.82) is 0 Å². The summed E-state index contributed by atoms with van der Waals surface area (Å²) >= 11 is 0. The van der Waals surface area contributed by atoms with Gasteiger partial charge in [-0.1, -0.05) is 66.7 Å². The van der Waals surface area contributed by atoms with Crippen molar-refractivity contribution in [3.63, 3.8) is 0 Å². The molecule has 3 aromatic rings. The number of nitrogens with one attached hydrogen (secondary N) is 1. The fourth-order valence-corrected chi connectivity index (χ4v) is 3.89. The third-order valence-corrected chi connectivity index (χ3v) is 5.28. The first-order valence-electron chi connectivity index (χ1n) is 9.95. The van der Waals surface area contributed by atoms with Crippen molar-refractivity contribution in [2.75, 3.05) is 26.2 Å². The lowest BCUT2D eigenvalue weighted by atomic mass is 9.94. The van der Waals surface area contributed by atoms with Gasteiger partial charge < -0.3 is 10.1 Å². The van der Waals surface area contributed by atoms with E-state index in [-0.39, 0.29) is 36.6 Å². The molecule has 0 bridgehead atoms. The van der Waals surface area contributed by atoms with E-state index in [9.17, 15) is 13.2 Å². The second kappa shape index (κ2) is 11.6. The molecule has 1 heterocycles. The Balaban J connectivity index is 0.00000181. The van der Waals surface area contributed by atoms with Crippen LogP contribution in [0, 0.1) is 0 Å². The minimum atomic E-state index is -4.69. The zero-order valence-electron chi connectivity index (χ0n) is 17.2. The summed E-state index contributed by atoms with van der Waals surface area (Å²) in [6.07, 6.45) is -4.69. The molecular formula is C24H25Cl2F3N2O. The quantitative estimate of drug-likeness (QED) is 0.474. The Kier molecular flexibility index (Phi) is 9.40. The summed E-state index contributed by atoms with van der Waals surface area (Å²) in [4.78, 5) is 2.35. The molecule has 1 atom stereocenters. The maximum atomic E-state index is 12.5. The molecule has 0 radical (unpaired) electrons. The van der Waals surface area contributed by atoms with Gasteiger partial charge in [0, 0.05) is 26.2 Å². The van der Waals surface area contributed by atoms with Crippen LogP contribution in [-0.2, 0) is 0 Å². The molecule has 32 heavy (non-hydrogen) atoms. The van der Waals surface area contributed by atoms with Crippen LogP contribution in [0.15, 0.2) is 78.9 Å². The highest BCUT2D eigenvalue weighted by molar-refractivity contribution is 5.85. The van der Waals surface area contributed by atoms with Gasteiger partial charge in [0.1, 0.15) is 5.75 Å². The third-order valence-electron chi connectivity index (χ3n) is 5.28. The highest BCUT2D eigenvalue weighted by Crippen LogP contribution is 2.32. The molecule has 0 unspecified atom stereocenters. The molecule has 1 aliphatic rings. The number of hydrogen-bond acceptors (Lipinski definition) is 3. The lowest BCUT2D eigenvalue weighted by Crippen LogP contribution is -2.45. The number of halogens is 5. The zero-order valence-corrected chi connectivity index (χ0v) is 18.9. The lowest BCUT2D eigenvalue weighted by molar-refractivity contribution is -0.274. The van der Waals surface area contributed by atoms with Gasteiger partial charge in [-0.15, -0.1) is 38.0 Å². The molecule has 3 aromatic carbocycles. The van der Waals surface area contributed by atoms with E-state index in [0.29, 0.717) is 0 Å². The van der Waals surface area contributed by atoms with Gasteiger partial charge in [0.05, 0.1) is 6.04 Å². The fraction of sp³-hybridized carbons (Fsp3) is 0.250. The first-order chi connectivity index (χ1) is 14.5. The van der Waals surface area contributed by atoms with Crippen molar-refractivity contribution < 1.29 is 17.9 Å². The maximum absolute atomic E-state index is 12.5. The van der Waals surface area contributed by atoms with Gasteiger partial charge in [-0.3, -0.25) is 4.90 Å². The largest absolute Gasteiger partial charge is 0.573 e. The van der Waals surface area contributed by atoms with Gasteiger partial charge in [0.15, 0.2) is 0 Å². The van der Waals surface area contributed by atoms with Crippen LogP contribution < -0.4 is 10.1 Å². The molecular weight excluding hydrogens is 460 g/mol. The van der Waals surface area contributed by atoms with Crippen molar-refractivity contribution >= 4 is 24.8 Å². The Morgan fingerprint density at radius 2 is 1.22 bits per heavy atom. The summed E-state index contributed by atoms with van der Waals surface area (Å²) in [6, 6.07) is 24.7. The van der Waals surface area contributed by atoms with Crippen LogP contribution >= 0.6 is 24.8 Å². The highest BCUT2D eigenvalue weighted by Gasteiger charge is 2.31. The molecule has 0 aromatic heterocycles. The average molecular weight is 485 g/mol. The minimum Gasteiger partial charge on any atom is -0.406 e. The summed E-state index contributed by atoms with van der Waals surface area (Å²) in [5, 5.41) is 3.35. The molecule has 1 aliphatic heterocycles. The maximum Gasteiger partial charge on any atom is 0.573 e. The zero-order chi connectivity index (χ0) is 21.0. The monoisotopic (exact) mass is 484 g/mol. The lowest BCUT2D eigenvalue weighted by Gasteiger charge is -2.35. The molecule has 172 valence electrons. The summed E-state index contributed by atoms with van der Waals surface area (Å²) in [5.74, 6) is -0.204. The number of piperazine rings is 1. The molecule has 0 saturated carbocycles. The van der Waals surface area contributed by atoms with Crippen molar-refractivity contribution in [2.24, 2.45) is 0 Å². The summed E-state index contributed by atoms with van der Waals surface area (Å²) in [5.41, 5.74) is 4.34. The van der Waals surface area contributed by atoms with E-state index in [4.69, 9.17) is 0 Å². The molecule has 1 fully saturated rings. The third kappa shape index (κ3) is 6.62. The second-order valence-electron chi connectivity index (χ2n) is 7.29. The number of nitrogens with zero attached hydrogens (tertiary/aromatic N) is 1. The van der Waals surface area contributed by atoms with Crippen LogP contribution in [0.4, 0.5) is 13.2 Å². The van der Waals surface area contributed by atoms with Gasteiger partial charge in [-0.2, -0.15) is 0 Å². The van der Waals surface area contributed by atoms with E-state index in [0.717, 1.165) is 48.4 Å². The molecule has 1 saturated heterocycles. The number of ether oxygens (including phenoxy) is 1. The Morgan fingerprint density at radius 1 is 0.719 bits per heavy atom. The SMILES string of the molecule is Cl.Cl.FC(F)(F)Oc1ccc([C@H](c2ccc(-c3ccccc3)cc2)N2CCNCC2)cc1. The van der Waals surface area contributed by atoms with Gasteiger partial charge in [-0.25, -0.2) is 0 Å². The van der Waals surface area contributed by atoms with Crippen LogP contribution in [0.3, 0.4) is 0 Å². The van der Waals surface area contributed by atoms with E-state index in [2.05, 4.69) is 51.4 Å². The Labute approximate surface area is 198 Å². The van der Waals surface area contributed by atoms with Crippen LogP contribution in [0.1, 0.15) is 17.2 Å². The smallest absolute Gasteiger partial charge is 0.406 e. The minimum absolute atomic E-state index is 0.